The number of hydrogen-bond donors (Lipinski definition) is 0. The first-order chi connectivity index (χ1) is 4.85. The maximum absolute atomic E-state index is 5.23. The molecular formula is C8H16O2. The highest BCUT2D eigenvalue weighted by Gasteiger charge is 2.02. The zero-order chi connectivity index (χ0) is 7.82. The van der Waals surface area contributed by atoms with E-state index in [9.17, 15) is 0 Å². The van der Waals surface area contributed by atoms with Crippen molar-refractivity contribution in [1.82, 2.24) is 0 Å². The van der Waals surface area contributed by atoms with Gasteiger partial charge >= 0.3 is 0 Å². The summed E-state index contributed by atoms with van der Waals surface area (Å²) in [7, 11) is 0. The second-order valence-electron chi connectivity index (χ2n) is 1.86. The van der Waals surface area contributed by atoms with Crippen molar-refractivity contribution in [3.8, 4) is 0 Å². The predicted octanol–water partition coefficient (Wildman–Crippen LogP) is 1.96. The van der Waals surface area contributed by atoms with Crippen molar-refractivity contribution in [3.05, 3.63) is 12.7 Å². The average molecular weight is 144 g/mol. The lowest BCUT2D eigenvalue weighted by Crippen LogP contribution is -2.15. The molecule has 60 valence electrons. The Labute approximate surface area is 62.8 Å². The van der Waals surface area contributed by atoms with Gasteiger partial charge in [-0.3, -0.25) is 0 Å². The normalized spacial score (nSPS) is 10.3. The summed E-state index contributed by atoms with van der Waals surface area (Å²) in [5.41, 5.74) is 0. The lowest BCUT2D eigenvalue weighted by molar-refractivity contribution is -0.133. The first-order valence-corrected chi connectivity index (χ1v) is 3.69. The van der Waals surface area contributed by atoms with Crippen LogP contribution in [0.5, 0.6) is 0 Å². The Morgan fingerprint density at radius 3 is 2.10 bits per heavy atom. The summed E-state index contributed by atoms with van der Waals surface area (Å²) >= 11 is 0. The van der Waals surface area contributed by atoms with Gasteiger partial charge in [0.15, 0.2) is 6.29 Å². The van der Waals surface area contributed by atoms with Crippen LogP contribution in [0.25, 0.3) is 0 Å². The molecule has 0 aromatic carbocycles. The number of hydrogen-bond acceptors (Lipinski definition) is 2. The minimum Gasteiger partial charge on any atom is -0.353 e. The second kappa shape index (κ2) is 6.78. The first kappa shape index (κ1) is 9.66. The van der Waals surface area contributed by atoms with Gasteiger partial charge in [-0.15, -0.1) is 6.58 Å². The summed E-state index contributed by atoms with van der Waals surface area (Å²) in [6, 6.07) is 0. The molecule has 0 saturated carbocycles. The van der Waals surface area contributed by atoms with E-state index in [-0.39, 0.29) is 6.29 Å². The van der Waals surface area contributed by atoms with Crippen molar-refractivity contribution in [3.63, 3.8) is 0 Å². The van der Waals surface area contributed by atoms with Crippen LogP contribution in [0.15, 0.2) is 12.7 Å². The molecule has 0 aromatic heterocycles. The van der Waals surface area contributed by atoms with Crippen LogP contribution in [0, 0.1) is 0 Å². The lowest BCUT2D eigenvalue weighted by atomic mass is 10.4. The van der Waals surface area contributed by atoms with E-state index in [1.165, 1.54) is 0 Å². The third-order valence-electron chi connectivity index (χ3n) is 1.06. The van der Waals surface area contributed by atoms with E-state index in [4.69, 9.17) is 9.47 Å². The van der Waals surface area contributed by atoms with Crippen LogP contribution < -0.4 is 0 Å². The molecule has 0 amide bonds. The Kier molecular flexibility index (Phi) is 6.55. The van der Waals surface area contributed by atoms with Gasteiger partial charge < -0.3 is 9.47 Å². The summed E-state index contributed by atoms with van der Waals surface area (Å²) in [6.07, 6.45) is 2.48. The molecule has 0 bridgehead atoms. The van der Waals surface area contributed by atoms with Crippen molar-refractivity contribution in [2.24, 2.45) is 0 Å². The Morgan fingerprint density at radius 1 is 1.30 bits per heavy atom. The highest BCUT2D eigenvalue weighted by Crippen LogP contribution is 2.00. The van der Waals surface area contributed by atoms with E-state index in [0.717, 1.165) is 6.42 Å². The van der Waals surface area contributed by atoms with E-state index in [1.807, 2.05) is 13.8 Å². The summed E-state index contributed by atoms with van der Waals surface area (Å²) in [4.78, 5) is 0. The largest absolute Gasteiger partial charge is 0.353 e. The Bertz CT molecular complexity index is 75.3. The third kappa shape index (κ3) is 4.53. The molecule has 10 heavy (non-hydrogen) atoms. The fraction of sp³-hybridized carbons (Fsp3) is 0.750. The van der Waals surface area contributed by atoms with E-state index < -0.39 is 0 Å². The minimum atomic E-state index is -0.0903. The van der Waals surface area contributed by atoms with Crippen LogP contribution in [-0.4, -0.2) is 19.5 Å². The van der Waals surface area contributed by atoms with Gasteiger partial charge in [0.1, 0.15) is 0 Å². The van der Waals surface area contributed by atoms with Gasteiger partial charge in [-0.05, 0) is 13.8 Å². The summed E-state index contributed by atoms with van der Waals surface area (Å²) in [6.45, 7) is 8.90. The summed E-state index contributed by atoms with van der Waals surface area (Å²) in [5, 5.41) is 0. The van der Waals surface area contributed by atoms with E-state index >= 15 is 0 Å². The molecule has 0 saturated heterocycles. The highest BCUT2D eigenvalue weighted by atomic mass is 16.7. The van der Waals surface area contributed by atoms with Crippen LogP contribution >= 0.6 is 0 Å². The molecule has 0 radical (unpaired) electrons. The molecule has 0 heterocycles. The maximum Gasteiger partial charge on any atom is 0.160 e. The molecule has 0 N–H and O–H groups in total. The average Bonchev–Trinajstić information content (AvgIpc) is 1.90. The van der Waals surface area contributed by atoms with Crippen LogP contribution in [0.4, 0.5) is 0 Å². The van der Waals surface area contributed by atoms with Crippen LogP contribution in [0.2, 0.25) is 0 Å². The fourth-order valence-electron chi connectivity index (χ4n) is 0.692. The van der Waals surface area contributed by atoms with E-state index in [0.29, 0.717) is 13.2 Å². The highest BCUT2D eigenvalue weighted by molar-refractivity contribution is 4.68. The van der Waals surface area contributed by atoms with Gasteiger partial charge in [-0.25, -0.2) is 0 Å². The zero-order valence-electron chi connectivity index (χ0n) is 6.80. The topological polar surface area (TPSA) is 18.5 Å². The molecule has 0 atom stereocenters. The van der Waals surface area contributed by atoms with Gasteiger partial charge in [-0.2, -0.15) is 0 Å². The first-order valence-electron chi connectivity index (χ1n) is 3.69. The van der Waals surface area contributed by atoms with Crippen LogP contribution in [0.1, 0.15) is 20.3 Å². The molecule has 0 aliphatic rings. The van der Waals surface area contributed by atoms with Gasteiger partial charge in [0.25, 0.3) is 0 Å². The molecular weight excluding hydrogens is 128 g/mol. The van der Waals surface area contributed by atoms with Gasteiger partial charge in [0.2, 0.25) is 0 Å². The molecule has 0 spiro atoms. The van der Waals surface area contributed by atoms with Gasteiger partial charge in [0, 0.05) is 19.6 Å². The third-order valence-corrected chi connectivity index (χ3v) is 1.06. The van der Waals surface area contributed by atoms with Crippen molar-refractivity contribution >= 4 is 0 Å². The number of rotatable bonds is 6. The van der Waals surface area contributed by atoms with Gasteiger partial charge in [-0.1, -0.05) is 6.08 Å². The van der Waals surface area contributed by atoms with E-state index in [1.54, 1.807) is 6.08 Å². The minimum absolute atomic E-state index is 0.0903. The molecule has 0 rings (SSSR count). The Balaban J connectivity index is 3.38. The monoisotopic (exact) mass is 144 g/mol. The molecule has 0 fully saturated rings. The smallest absolute Gasteiger partial charge is 0.160 e. The zero-order valence-corrected chi connectivity index (χ0v) is 6.80. The van der Waals surface area contributed by atoms with Gasteiger partial charge in [0.05, 0.1) is 0 Å². The van der Waals surface area contributed by atoms with Crippen LogP contribution in [-0.2, 0) is 9.47 Å². The Hall–Kier alpha value is -0.340. The summed E-state index contributed by atoms with van der Waals surface area (Å²) in [5.74, 6) is 0. The predicted molar refractivity (Wildman–Crippen MR) is 41.9 cm³/mol. The number of ether oxygens (including phenoxy) is 2. The van der Waals surface area contributed by atoms with Crippen molar-refractivity contribution in [1.29, 1.82) is 0 Å². The molecule has 2 nitrogen and oxygen atoms in total. The van der Waals surface area contributed by atoms with E-state index in [2.05, 4.69) is 6.58 Å². The van der Waals surface area contributed by atoms with Crippen molar-refractivity contribution in [2.75, 3.05) is 13.2 Å². The lowest BCUT2D eigenvalue weighted by Gasteiger charge is -2.13. The second-order valence-corrected chi connectivity index (χ2v) is 1.86. The standard InChI is InChI=1S/C8H16O2/c1-4-7-8(9-5-2)10-6-3/h4,8H,1,5-7H2,2-3H3. The quantitative estimate of drug-likeness (QED) is 0.419. The summed E-state index contributed by atoms with van der Waals surface area (Å²) < 4.78 is 10.5. The molecule has 2 heteroatoms. The molecule has 0 aliphatic heterocycles. The molecule has 0 unspecified atom stereocenters. The SMILES string of the molecule is C=CCC(OCC)OCC. The maximum atomic E-state index is 5.23. The molecule has 0 aromatic rings. The van der Waals surface area contributed by atoms with Crippen LogP contribution in [0.3, 0.4) is 0 Å². The fourth-order valence-corrected chi connectivity index (χ4v) is 0.692. The van der Waals surface area contributed by atoms with Crippen molar-refractivity contribution in [2.45, 2.75) is 26.6 Å². The Morgan fingerprint density at radius 2 is 1.80 bits per heavy atom. The molecule has 0 aliphatic carbocycles. The van der Waals surface area contributed by atoms with Crippen molar-refractivity contribution < 1.29 is 9.47 Å².